The van der Waals surface area contributed by atoms with Gasteiger partial charge in [0, 0.05) is 5.69 Å². The van der Waals surface area contributed by atoms with Crippen LogP contribution in [0.4, 0.5) is 5.69 Å². The largest absolute Gasteiger partial charge is 0.478 e. The summed E-state index contributed by atoms with van der Waals surface area (Å²) in [5.41, 5.74) is 2.08. The lowest BCUT2D eigenvalue weighted by molar-refractivity contribution is 0.0697. The summed E-state index contributed by atoms with van der Waals surface area (Å²) in [6.07, 6.45) is 1.61. The van der Waals surface area contributed by atoms with E-state index in [9.17, 15) is 4.79 Å². The Labute approximate surface area is 98.9 Å². The molecule has 1 heterocycles. The second-order valence-corrected chi connectivity index (χ2v) is 3.77. The maximum Gasteiger partial charge on any atom is 0.335 e. The Morgan fingerprint density at radius 2 is 2.24 bits per heavy atom. The smallest absolute Gasteiger partial charge is 0.335 e. The second-order valence-electron chi connectivity index (χ2n) is 3.77. The van der Waals surface area contributed by atoms with Crippen LogP contribution in [0.2, 0.25) is 0 Å². The first-order chi connectivity index (χ1) is 8.16. The molecule has 4 nitrogen and oxygen atoms in total. The summed E-state index contributed by atoms with van der Waals surface area (Å²) >= 11 is 0. The maximum absolute atomic E-state index is 10.9. The van der Waals surface area contributed by atoms with Crippen LogP contribution in [0.3, 0.4) is 0 Å². The fraction of sp³-hybridized carbons (Fsp3) is 0.154. The van der Waals surface area contributed by atoms with Gasteiger partial charge in [0.2, 0.25) is 0 Å². The SMILES string of the molecule is Cc1ccc(C(=O)O)cc1NCc1ccco1. The molecule has 0 radical (unpaired) electrons. The van der Waals surface area contributed by atoms with E-state index in [1.54, 1.807) is 24.5 Å². The molecule has 0 spiro atoms. The molecule has 88 valence electrons. The van der Waals surface area contributed by atoms with Crippen LogP contribution in [0.25, 0.3) is 0 Å². The van der Waals surface area contributed by atoms with Gasteiger partial charge in [-0.2, -0.15) is 0 Å². The second kappa shape index (κ2) is 4.74. The summed E-state index contributed by atoms with van der Waals surface area (Å²) in [5.74, 6) is -0.115. The molecule has 0 atom stereocenters. The third-order valence-corrected chi connectivity index (χ3v) is 2.52. The summed E-state index contributed by atoms with van der Waals surface area (Å²) in [6, 6.07) is 8.69. The molecule has 0 aliphatic rings. The highest BCUT2D eigenvalue weighted by Crippen LogP contribution is 2.18. The summed E-state index contributed by atoms with van der Waals surface area (Å²) in [4.78, 5) is 10.9. The monoisotopic (exact) mass is 231 g/mol. The van der Waals surface area contributed by atoms with E-state index in [0.717, 1.165) is 17.0 Å². The van der Waals surface area contributed by atoms with Crippen molar-refractivity contribution in [3.63, 3.8) is 0 Å². The number of nitrogens with one attached hydrogen (secondary N) is 1. The number of carbonyl (C=O) groups is 1. The van der Waals surface area contributed by atoms with Gasteiger partial charge in [-0.25, -0.2) is 4.79 Å². The fourth-order valence-corrected chi connectivity index (χ4v) is 1.54. The molecule has 0 aliphatic carbocycles. The lowest BCUT2D eigenvalue weighted by atomic mass is 10.1. The highest BCUT2D eigenvalue weighted by Gasteiger charge is 2.06. The molecular weight excluding hydrogens is 218 g/mol. The van der Waals surface area contributed by atoms with Crippen LogP contribution >= 0.6 is 0 Å². The lowest BCUT2D eigenvalue weighted by Gasteiger charge is -2.09. The van der Waals surface area contributed by atoms with Crippen LogP contribution in [-0.4, -0.2) is 11.1 Å². The molecule has 0 aliphatic heterocycles. The van der Waals surface area contributed by atoms with E-state index < -0.39 is 5.97 Å². The van der Waals surface area contributed by atoms with Gasteiger partial charge in [0.15, 0.2) is 0 Å². The van der Waals surface area contributed by atoms with Gasteiger partial charge in [0.1, 0.15) is 5.76 Å². The minimum absolute atomic E-state index is 0.276. The van der Waals surface area contributed by atoms with Crippen LogP contribution in [0, 0.1) is 6.92 Å². The Morgan fingerprint density at radius 1 is 1.41 bits per heavy atom. The van der Waals surface area contributed by atoms with E-state index in [-0.39, 0.29) is 5.56 Å². The van der Waals surface area contributed by atoms with E-state index in [4.69, 9.17) is 9.52 Å². The van der Waals surface area contributed by atoms with Gasteiger partial charge in [-0.15, -0.1) is 0 Å². The van der Waals surface area contributed by atoms with Gasteiger partial charge in [0.05, 0.1) is 18.4 Å². The molecule has 2 N–H and O–H groups in total. The van der Waals surface area contributed by atoms with E-state index in [1.165, 1.54) is 0 Å². The number of aromatic carboxylic acids is 1. The summed E-state index contributed by atoms with van der Waals surface area (Å²) in [7, 11) is 0. The number of rotatable bonds is 4. The van der Waals surface area contributed by atoms with Crippen molar-refractivity contribution in [1.29, 1.82) is 0 Å². The van der Waals surface area contributed by atoms with Crippen molar-refractivity contribution in [3.8, 4) is 0 Å². The average molecular weight is 231 g/mol. The normalized spacial score (nSPS) is 10.2. The summed E-state index contributed by atoms with van der Waals surface area (Å²) in [5, 5.41) is 12.1. The van der Waals surface area contributed by atoms with Crippen LogP contribution in [0.15, 0.2) is 41.0 Å². The number of hydrogen-bond donors (Lipinski definition) is 2. The highest BCUT2D eigenvalue weighted by molar-refractivity contribution is 5.89. The zero-order valence-corrected chi connectivity index (χ0v) is 9.43. The summed E-state index contributed by atoms with van der Waals surface area (Å²) < 4.78 is 5.19. The highest BCUT2D eigenvalue weighted by atomic mass is 16.4. The van der Waals surface area contributed by atoms with Crippen molar-refractivity contribution < 1.29 is 14.3 Å². The molecule has 2 rings (SSSR count). The molecule has 17 heavy (non-hydrogen) atoms. The van der Waals surface area contributed by atoms with E-state index in [1.807, 2.05) is 19.1 Å². The molecule has 0 amide bonds. The van der Waals surface area contributed by atoms with Gasteiger partial charge in [-0.05, 0) is 36.8 Å². The predicted molar refractivity (Wildman–Crippen MR) is 64.2 cm³/mol. The molecule has 0 unspecified atom stereocenters. The third-order valence-electron chi connectivity index (χ3n) is 2.52. The van der Waals surface area contributed by atoms with Crippen molar-refractivity contribution in [2.45, 2.75) is 13.5 Å². The van der Waals surface area contributed by atoms with Gasteiger partial charge in [-0.1, -0.05) is 6.07 Å². The lowest BCUT2D eigenvalue weighted by Crippen LogP contribution is -2.03. The van der Waals surface area contributed by atoms with Gasteiger partial charge in [-0.3, -0.25) is 0 Å². The average Bonchev–Trinajstić information content (AvgIpc) is 2.80. The Kier molecular flexibility index (Phi) is 3.14. The number of furan rings is 1. The molecule has 4 heteroatoms. The van der Waals surface area contributed by atoms with E-state index in [2.05, 4.69) is 5.32 Å². The predicted octanol–water partition coefficient (Wildman–Crippen LogP) is 2.90. The molecule has 1 aromatic carbocycles. The number of anilines is 1. The topological polar surface area (TPSA) is 62.5 Å². The Bertz CT molecular complexity index is 517. The van der Waals surface area contributed by atoms with Crippen LogP contribution in [0.1, 0.15) is 21.7 Å². The zero-order chi connectivity index (χ0) is 12.3. The number of carboxylic acid groups (broad SMARTS) is 1. The van der Waals surface area contributed by atoms with Crippen molar-refractivity contribution in [1.82, 2.24) is 0 Å². The molecule has 2 aromatic rings. The van der Waals surface area contributed by atoms with Crippen molar-refractivity contribution in [2.75, 3.05) is 5.32 Å². The maximum atomic E-state index is 10.9. The Morgan fingerprint density at radius 3 is 2.88 bits per heavy atom. The minimum Gasteiger partial charge on any atom is -0.478 e. The number of benzene rings is 1. The first kappa shape index (κ1) is 11.3. The van der Waals surface area contributed by atoms with Crippen molar-refractivity contribution in [2.24, 2.45) is 0 Å². The van der Waals surface area contributed by atoms with Crippen molar-refractivity contribution >= 4 is 11.7 Å². The molecule has 0 fully saturated rings. The van der Waals surface area contributed by atoms with Crippen LogP contribution < -0.4 is 5.32 Å². The first-order valence-electron chi connectivity index (χ1n) is 5.27. The molecule has 0 saturated carbocycles. The zero-order valence-electron chi connectivity index (χ0n) is 9.43. The van der Waals surface area contributed by atoms with Crippen LogP contribution in [0.5, 0.6) is 0 Å². The van der Waals surface area contributed by atoms with Crippen molar-refractivity contribution in [3.05, 3.63) is 53.5 Å². The number of hydrogen-bond acceptors (Lipinski definition) is 3. The van der Waals surface area contributed by atoms with E-state index >= 15 is 0 Å². The number of carboxylic acids is 1. The molecule has 1 aromatic heterocycles. The third kappa shape index (κ3) is 2.66. The molecular formula is C13H13NO3. The van der Waals surface area contributed by atoms with Crippen LogP contribution in [-0.2, 0) is 6.54 Å². The minimum atomic E-state index is -0.925. The van der Waals surface area contributed by atoms with Gasteiger partial charge < -0.3 is 14.8 Å². The molecule has 0 bridgehead atoms. The van der Waals surface area contributed by atoms with Gasteiger partial charge >= 0.3 is 5.97 Å². The Balaban J connectivity index is 2.14. The van der Waals surface area contributed by atoms with E-state index in [0.29, 0.717) is 6.54 Å². The van der Waals surface area contributed by atoms with Gasteiger partial charge in [0.25, 0.3) is 0 Å². The Hall–Kier alpha value is -2.23. The quantitative estimate of drug-likeness (QED) is 0.849. The molecule has 0 saturated heterocycles. The standard InChI is InChI=1S/C13H13NO3/c1-9-4-5-10(13(15)16)7-12(9)14-8-11-3-2-6-17-11/h2-7,14H,8H2,1H3,(H,15,16). The number of aryl methyl sites for hydroxylation is 1. The summed E-state index contributed by atoms with van der Waals surface area (Å²) in [6.45, 7) is 2.47. The fourth-order valence-electron chi connectivity index (χ4n) is 1.54. The first-order valence-corrected chi connectivity index (χ1v) is 5.27.